The zero-order valence-electron chi connectivity index (χ0n) is 18.9. The van der Waals surface area contributed by atoms with Crippen LogP contribution >= 0.6 is 0 Å². The molecular formula is C24H31N7O. The van der Waals surface area contributed by atoms with E-state index in [1.165, 1.54) is 0 Å². The minimum absolute atomic E-state index is 0.0158. The van der Waals surface area contributed by atoms with Crippen LogP contribution in [0.15, 0.2) is 30.6 Å². The number of carbonyl (C=O) groups excluding carboxylic acids is 1. The van der Waals surface area contributed by atoms with Crippen LogP contribution in [0.3, 0.4) is 0 Å². The van der Waals surface area contributed by atoms with Gasteiger partial charge in [0.2, 0.25) is 0 Å². The van der Waals surface area contributed by atoms with Crippen LogP contribution in [0.5, 0.6) is 0 Å². The number of nitrogens with zero attached hydrogens (tertiary/aromatic N) is 6. The van der Waals surface area contributed by atoms with E-state index >= 15 is 0 Å². The van der Waals surface area contributed by atoms with Crippen molar-refractivity contribution >= 4 is 17.4 Å². The second-order valence-electron chi connectivity index (χ2n) is 9.03. The molecule has 2 aliphatic heterocycles. The average Bonchev–Trinajstić information content (AvgIpc) is 3.43. The van der Waals surface area contributed by atoms with Crippen LogP contribution in [0.1, 0.15) is 66.0 Å². The highest BCUT2D eigenvalue weighted by molar-refractivity contribution is 5.92. The molecule has 8 heteroatoms. The summed E-state index contributed by atoms with van der Waals surface area (Å²) in [5, 5.41) is 4.84. The number of piperidine rings is 1. The number of pyridine rings is 1. The summed E-state index contributed by atoms with van der Waals surface area (Å²) < 4.78 is 1.84. The quantitative estimate of drug-likeness (QED) is 0.680. The van der Waals surface area contributed by atoms with Gasteiger partial charge in [0.25, 0.3) is 5.91 Å². The highest BCUT2D eigenvalue weighted by Gasteiger charge is 2.31. The fraction of sp³-hybridized carbons (Fsp3) is 0.500. The molecule has 0 saturated carbocycles. The molecule has 0 aliphatic carbocycles. The van der Waals surface area contributed by atoms with E-state index in [1.54, 1.807) is 6.20 Å². The summed E-state index contributed by atoms with van der Waals surface area (Å²) in [7, 11) is 0. The monoisotopic (exact) mass is 433 g/mol. The molecule has 2 aliphatic rings. The van der Waals surface area contributed by atoms with Gasteiger partial charge in [-0.15, -0.1) is 0 Å². The van der Waals surface area contributed by atoms with E-state index in [-0.39, 0.29) is 18.0 Å². The topological polar surface area (TPSA) is 92.7 Å². The zero-order valence-corrected chi connectivity index (χ0v) is 18.9. The van der Waals surface area contributed by atoms with E-state index < -0.39 is 0 Å². The van der Waals surface area contributed by atoms with Gasteiger partial charge in [-0.05, 0) is 56.7 Å². The number of anilines is 1. The van der Waals surface area contributed by atoms with E-state index in [1.807, 2.05) is 33.8 Å². The molecule has 2 atom stereocenters. The fourth-order valence-electron chi connectivity index (χ4n) is 4.92. The van der Waals surface area contributed by atoms with Crippen LogP contribution < -0.4 is 10.6 Å². The van der Waals surface area contributed by atoms with Crippen LogP contribution in [0.2, 0.25) is 0 Å². The molecule has 0 aromatic carbocycles. The minimum atomic E-state index is -0.0611. The largest absolute Gasteiger partial charge is 0.355 e. The third kappa shape index (κ3) is 3.83. The first-order valence-electron chi connectivity index (χ1n) is 11.7. The Morgan fingerprint density at radius 2 is 2.09 bits per heavy atom. The van der Waals surface area contributed by atoms with Crippen molar-refractivity contribution in [2.75, 3.05) is 24.5 Å². The Labute approximate surface area is 188 Å². The standard InChI is InChI=1S/C24H31N7O/c1-3-17-7-9-26-20(12-17)24(32)30-10-5-4-6-21(30)19-13-22-27-23(16(2)14-31(22)28-19)29-11-8-18(25)15-29/h7,9,12-14,18,21H,3-6,8,10-11,15,25H2,1-2H3. The van der Waals surface area contributed by atoms with E-state index in [2.05, 4.69) is 23.7 Å². The number of carbonyl (C=O) groups is 1. The summed E-state index contributed by atoms with van der Waals surface area (Å²) in [6.07, 6.45) is 8.61. The van der Waals surface area contributed by atoms with Gasteiger partial charge in [0, 0.05) is 49.7 Å². The minimum Gasteiger partial charge on any atom is -0.355 e. The number of aryl methyl sites for hydroxylation is 2. The lowest BCUT2D eigenvalue weighted by molar-refractivity contribution is 0.0599. The van der Waals surface area contributed by atoms with Crippen molar-refractivity contribution in [2.24, 2.45) is 5.73 Å². The highest BCUT2D eigenvalue weighted by Crippen LogP contribution is 2.32. The molecule has 2 fully saturated rings. The maximum Gasteiger partial charge on any atom is 0.273 e. The van der Waals surface area contributed by atoms with E-state index in [9.17, 15) is 4.79 Å². The van der Waals surface area contributed by atoms with E-state index in [4.69, 9.17) is 15.8 Å². The molecule has 1 amide bonds. The number of amides is 1. The second-order valence-corrected chi connectivity index (χ2v) is 9.03. The Balaban J connectivity index is 1.46. The van der Waals surface area contributed by atoms with Gasteiger partial charge in [-0.1, -0.05) is 6.92 Å². The number of hydrogen-bond donors (Lipinski definition) is 1. The number of likely N-dealkylation sites (tertiary alicyclic amines) is 1. The normalized spacial score (nSPS) is 21.5. The Morgan fingerprint density at radius 1 is 1.22 bits per heavy atom. The third-order valence-electron chi connectivity index (χ3n) is 6.71. The predicted molar refractivity (Wildman–Crippen MR) is 124 cm³/mol. The molecule has 32 heavy (non-hydrogen) atoms. The molecular weight excluding hydrogens is 402 g/mol. The van der Waals surface area contributed by atoms with Crippen molar-refractivity contribution in [3.63, 3.8) is 0 Å². The maximum atomic E-state index is 13.4. The molecule has 2 saturated heterocycles. The van der Waals surface area contributed by atoms with Gasteiger partial charge < -0.3 is 15.5 Å². The summed E-state index contributed by atoms with van der Waals surface area (Å²) in [5.74, 6) is 0.965. The summed E-state index contributed by atoms with van der Waals surface area (Å²) in [6.45, 7) is 6.64. The zero-order chi connectivity index (χ0) is 22.2. The Morgan fingerprint density at radius 3 is 2.88 bits per heavy atom. The van der Waals surface area contributed by atoms with Crippen molar-refractivity contribution in [1.29, 1.82) is 0 Å². The molecule has 0 radical (unpaired) electrons. The van der Waals surface area contributed by atoms with Crippen molar-refractivity contribution in [3.8, 4) is 0 Å². The molecule has 168 valence electrons. The summed E-state index contributed by atoms with van der Waals surface area (Å²) in [5.41, 5.74) is 10.5. The number of fused-ring (bicyclic) bond motifs is 1. The molecule has 0 bridgehead atoms. The summed E-state index contributed by atoms with van der Waals surface area (Å²) in [6, 6.07) is 6.05. The van der Waals surface area contributed by atoms with Gasteiger partial charge in [-0.2, -0.15) is 5.10 Å². The van der Waals surface area contributed by atoms with Crippen LogP contribution in [0.4, 0.5) is 5.82 Å². The van der Waals surface area contributed by atoms with Gasteiger partial charge in [0.05, 0.1) is 11.7 Å². The van der Waals surface area contributed by atoms with Crippen LogP contribution in [-0.4, -0.2) is 56.1 Å². The smallest absolute Gasteiger partial charge is 0.273 e. The molecule has 3 aromatic heterocycles. The van der Waals surface area contributed by atoms with Crippen LogP contribution in [0.25, 0.3) is 5.65 Å². The van der Waals surface area contributed by atoms with Crippen molar-refractivity contribution in [2.45, 2.75) is 58.0 Å². The fourth-order valence-corrected chi connectivity index (χ4v) is 4.92. The van der Waals surface area contributed by atoms with E-state index in [0.717, 1.165) is 80.0 Å². The number of nitrogens with two attached hydrogens (primary N) is 1. The van der Waals surface area contributed by atoms with Crippen LogP contribution in [0, 0.1) is 6.92 Å². The van der Waals surface area contributed by atoms with Crippen molar-refractivity contribution < 1.29 is 4.79 Å². The lowest BCUT2D eigenvalue weighted by atomic mass is 9.98. The molecule has 3 aromatic rings. The molecule has 5 heterocycles. The van der Waals surface area contributed by atoms with Crippen molar-refractivity contribution in [3.05, 3.63) is 53.1 Å². The Bertz CT molecular complexity index is 1140. The van der Waals surface area contributed by atoms with Crippen LogP contribution in [-0.2, 0) is 6.42 Å². The van der Waals surface area contributed by atoms with Gasteiger partial charge in [0.15, 0.2) is 5.65 Å². The second kappa shape index (κ2) is 8.50. The lowest BCUT2D eigenvalue weighted by Crippen LogP contribution is -2.39. The number of hydrogen-bond acceptors (Lipinski definition) is 6. The third-order valence-corrected chi connectivity index (χ3v) is 6.71. The Hall–Kier alpha value is -3.00. The van der Waals surface area contributed by atoms with Gasteiger partial charge in [0.1, 0.15) is 11.5 Å². The summed E-state index contributed by atoms with van der Waals surface area (Å²) >= 11 is 0. The first kappa shape index (κ1) is 20.9. The van der Waals surface area contributed by atoms with Gasteiger partial charge in [-0.3, -0.25) is 9.78 Å². The summed E-state index contributed by atoms with van der Waals surface area (Å²) in [4.78, 5) is 26.9. The maximum absolute atomic E-state index is 13.4. The van der Waals surface area contributed by atoms with Crippen molar-refractivity contribution in [1.82, 2.24) is 24.5 Å². The van der Waals surface area contributed by atoms with Gasteiger partial charge >= 0.3 is 0 Å². The number of aromatic nitrogens is 4. The molecule has 0 spiro atoms. The predicted octanol–water partition coefficient (Wildman–Crippen LogP) is 2.90. The highest BCUT2D eigenvalue weighted by atomic mass is 16.2. The first-order valence-corrected chi connectivity index (χ1v) is 11.7. The molecule has 2 N–H and O–H groups in total. The average molecular weight is 434 g/mol. The Kier molecular flexibility index (Phi) is 5.55. The lowest BCUT2D eigenvalue weighted by Gasteiger charge is -2.34. The van der Waals surface area contributed by atoms with Gasteiger partial charge in [-0.25, -0.2) is 9.50 Å². The van der Waals surface area contributed by atoms with E-state index in [0.29, 0.717) is 5.69 Å². The molecule has 2 unspecified atom stereocenters. The SMILES string of the molecule is CCc1ccnc(C(=O)N2CCCCC2c2cc3nc(N4CCC(N)C4)c(C)cn3n2)c1. The first-order chi connectivity index (χ1) is 15.5. The molecule has 5 rings (SSSR count). The molecule has 8 nitrogen and oxygen atoms in total. The number of rotatable bonds is 4.